The zero-order valence-electron chi connectivity index (χ0n) is 20.0. The van der Waals surface area contributed by atoms with Crippen molar-refractivity contribution in [3.63, 3.8) is 0 Å². The van der Waals surface area contributed by atoms with Crippen LogP contribution in [0.15, 0.2) is 75.6 Å². The van der Waals surface area contributed by atoms with Crippen molar-refractivity contribution in [2.75, 3.05) is 19.0 Å². The second-order valence-corrected chi connectivity index (χ2v) is 9.81. The summed E-state index contributed by atoms with van der Waals surface area (Å²) < 4.78 is 41.7. The summed E-state index contributed by atoms with van der Waals surface area (Å²) in [6.45, 7) is 1.80. The van der Waals surface area contributed by atoms with Crippen molar-refractivity contribution >= 4 is 49.4 Å². The molecule has 3 aromatic rings. The van der Waals surface area contributed by atoms with E-state index in [1.807, 2.05) is 6.07 Å². The number of benzene rings is 3. The van der Waals surface area contributed by atoms with Gasteiger partial charge in [0.1, 0.15) is 22.3 Å². The van der Waals surface area contributed by atoms with E-state index in [1.54, 1.807) is 31.2 Å². The zero-order valence-corrected chi connectivity index (χ0v) is 22.4. The minimum atomic E-state index is -4.48. The Kier molecular flexibility index (Phi) is 9.06. The molecule has 0 spiro atoms. The van der Waals surface area contributed by atoms with Gasteiger partial charge in [-0.1, -0.05) is 6.07 Å². The lowest BCUT2D eigenvalue weighted by Gasteiger charge is -2.14. The summed E-state index contributed by atoms with van der Waals surface area (Å²) >= 11 is 3.24. The average molecular weight is 602 g/mol. The van der Waals surface area contributed by atoms with Gasteiger partial charge in [0.05, 0.1) is 23.1 Å². The molecule has 0 aliphatic heterocycles. The van der Waals surface area contributed by atoms with Gasteiger partial charge in [-0.3, -0.25) is 14.9 Å². The summed E-state index contributed by atoms with van der Waals surface area (Å²) in [7, 11) is -2.97. The van der Waals surface area contributed by atoms with Gasteiger partial charge in [0, 0.05) is 17.8 Å². The number of nitrogens with zero attached hydrogens (tertiary/aromatic N) is 2. The zero-order chi connectivity index (χ0) is 27.9. The summed E-state index contributed by atoms with van der Waals surface area (Å²) in [6, 6.07) is 15.6. The Morgan fingerprint density at radius 1 is 1.18 bits per heavy atom. The number of carbonyl (C=O) groups excluding carboxylic acids is 1. The molecule has 0 aromatic heterocycles. The first-order valence-electron chi connectivity index (χ1n) is 10.8. The third-order valence-electron chi connectivity index (χ3n) is 4.87. The molecule has 0 heterocycles. The van der Waals surface area contributed by atoms with E-state index in [1.165, 1.54) is 31.4 Å². The van der Waals surface area contributed by atoms with Crippen LogP contribution in [0.1, 0.15) is 12.5 Å². The van der Waals surface area contributed by atoms with E-state index in [9.17, 15) is 28.6 Å². The topological polar surface area (TPSA) is 158 Å². The molecule has 0 radical (unpaired) electrons. The van der Waals surface area contributed by atoms with Gasteiger partial charge in [-0.2, -0.15) is 13.7 Å². The van der Waals surface area contributed by atoms with Crippen LogP contribution in [0, 0.1) is 21.4 Å². The number of nitro benzene ring substituents is 1. The monoisotopic (exact) mass is 601 g/mol. The molecule has 0 unspecified atom stereocenters. The smallest absolute Gasteiger partial charge is 0.339 e. The highest BCUT2D eigenvalue weighted by molar-refractivity contribution is 9.10. The Labute approximate surface area is 226 Å². The van der Waals surface area contributed by atoms with E-state index in [-0.39, 0.29) is 28.2 Å². The molecule has 11 nitrogen and oxygen atoms in total. The minimum absolute atomic E-state index is 0.00465. The van der Waals surface area contributed by atoms with Crippen LogP contribution in [0.2, 0.25) is 0 Å². The fraction of sp³-hybridized carbons (Fsp3) is 0.120. The largest absolute Gasteiger partial charge is 0.497 e. The van der Waals surface area contributed by atoms with Gasteiger partial charge in [0.15, 0.2) is 11.5 Å². The number of methoxy groups -OCH3 is 1. The molecule has 3 aromatic carbocycles. The number of non-ortho nitro benzene ring substituents is 1. The average Bonchev–Trinajstić information content (AvgIpc) is 2.89. The van der Waals surface area contributed by atoms with Crippen LogP contribution < -0.4 is 19.0 Å². The number of ether oxygens (including phenoxy) is 2. The van der Waals surface area contributed by atoms with Gasteiger partial charge >= 0.3 is 10.1 Å². The van der Waals surface area contributed by atoms with E-state index in [0.29, 0.717) is 17.0 Å². The Hall–Kier alpha value is -4.41. The molecule has 0 saturated heterocycles. The quantitative estimate of drug-likeness (QED) is 0.110. The van der Waals surface area contributed by atoms with Crippen LogP contribution in [-0.4, -0.2) is 33.0 Å². The predicted molar refractivity (Wildman–Crippen MR) is 141 cm³/mol. The summed E-state index contributed by atoms with van der Waals surface area (Å²) in [6.07, 6.45) is 1.30. The third kappa shape index (κ3) is 6.87. The van der Waals surface area contributed by atoms with E-state index in [0.717, 1.165) is 18.2 Å². The van der Waals surface area contributed by atoms with E-state index < -0.39 is 31.5 Å². The highest BCUT2D eigenvalue weighted by Gasteiger charge is 2.24. The maximum Gasteiger partial charge on any atom is 0.339 e. The number of nitrogens with one attached hydrogen (secondary N) is 1. The lowest BCUT2D eigenvalue weighted by molar-refractivity contribution is -0.385. The van der Waals surface area contributed by atoms with E-state index in [2.05, 4.69) is 21.2 Å². The fourth-order valence-electron chi connectivity index (χ4n) is 3.11. The Morgan fingerprint density at radius 3 is 2.50 bits per heavy atom. The maximum atomic E-state index is 12.9. The molecule has 0 aliphatic rings. The van der Waals surface area contributed by atoms with Crippen molar-refractivity contribution < 1.29 is 31.8 Å². The summed E-state index contributed by atoms with van der Waals surface area (Å²) in [5.41, 5.74) is 0.134. The van der Waals surface area contributed by atoms with Gasteiger partial charge in [0.25, 0.3) is 11.6 Å². The van der Waals surface area contributed by atoms with Crippen LogP contribution >= 0.6 is 15.9 Å². The number of nitriles is 1. The first kappa shape index (κ1) is 28.2. The SMILES string of the molecule is CCOc1cc(/C=C(\C#N)C(=O)Nc2ccc(OC)cc2)cc(Br)c1OS(=O)(=O)c1cccc([N+](=O)[O-])c1. The molecule has 1 amide bonds. The van der Waals surface area contributed by atoms with Crippen molar-refractivity contribution in [2.24, 2.45) is 0 Å². The molecule has 0 saturated carbocycles. The van der Waals surface area contributed by atoms with E-state index >= 15 is 0 Å². The normalized spacial score (nSPS) is 11.3. The molecule has 3 rings (SSSR count). The van der Waals surface area contributed by atoms with Gasteiger partial charge < -0.3 is 19.0 Å². The Morgan fingerprint density at radius 2 is 1.89 bits per heavy atom. The lowest BCUT2D eigenvalue weighted by atomic mass is 10.1. The van der Waals surface area contributed by atoms with Crippen molar-refractivity contribution in [1.82, 2.24) is 0 Å². The second kappa shape index (κ2) is 12.2. The maximum absolute atomic E-state index is 12.9. The summed E-state index contributed by atoms with van der Waals surface area (Å²) in [5, 5.41) is 23.2. The molecule has 1 N–H and O–H groups in total. The van der Waals surface area contributed by atoms with Gasteiger partial charge in [0.2, 0.25) is 0 Å². The van der Waals surface area contributed by atoms with Crippen molar-refractivity contribution in [3.8, 4) is 23.3 Å². The van der Waals surface area contributed by atoms with Gasteiger partial charge in [-0.15, -0.1) is 0 Å². The van der Waals surface area contributed by atoms with Gasteiger partial charge in [-0.05, 0) is 77.0 Å². The second-order valence-electron chi connectivity index (χ2n) is 7.41. The fourth-order valence-corrected chi connectivity index (χ4v) is 4.76. The van der Waals surface area contributed by atoms with Crippen LogP contribution in [0.25, 0.3) is 6.08 Å². The number of rotatable bonds is 10. The molecule has 0 bridgehead atoms. The number of carbonyl (C=O) groups is 1. The molecule has 0 aliphatic carbocycles. The van der Waals surface area contributed by atoms with Crippen molar-refractivity contribution in [3.05, 3.63) is 86.4 Å². The molecule has 196 valence electrons. The lowest BCUT2D eigenvalue weighted by Crippen LogP contribution is -2.13. The molecule has 38 heavy (non-hydrogen) atoms. The number of halogens is 1. The van der Waals surface area contributed by atoms with Gasteiger partial charge in [-0.25, -0.2) is 0 Å². The van der Waals surface area contributed by atoms with Crippen LogP contribution in [0.5, 0.6) is 17.2 Å². The molecular formula is C25H20BrN3O8S. The van der Waals surface area contributed by atoms with Crippen molar-refractivity contribution in [2.45, 2.75) is 11.8 Å². The summed E-state index contributed by atoms with van der Waals surface area (Å²) in [4.78, 5) is 22.5. The highest BCUT2D eigenvalue weighted by Crippen LogP contribution is 2.39. The number of hydrogen-bond acceptors (Lipinski definition) is 9. The van der Waals surface area contributed by atoms with Crippen LogP contribution in [0.4, 0.5) is 11.4 Å². The Bertz CT molecular complexity index is 1550. The van der Waals surface area contributed by atoms with Crippen LogP contribution in [0.3, 0.4) is 0 Å². The third-order valence-corrected chi connectivity index (χ3v) is 6.67. The standard InChI is InChI=1S/C25H20BrN3O8S/c1-3-36-23-13-16(11-17(15-27)25(30)28-18-7-9-20(35-2)10-8-18)12-22(26)24(23)37-38(33,34)21-6-4-5-19(14-21)29(31)32/h4-14H,3H2,1-2H3,(H,28,30)/b17-11+. The number of anilines is 1. The Balaban J connectivity index is 1.93. The summed E-state index contributed by atoms with van der Waals surface area (Å²) in [5.74, 6) is -0.283. The number of amides is 1. The number of nitro groups is 1. The highest BCUT2D eigenvalue weighted by atomic mass is 79.9. The number of hydrogen-bond donors (Lipinski definition) is 1. The molecule has 0 fully saturated rings. The molecule has 0 atom stereocenters. The first-order chi connectivity index (χ1) is 18.1. The minimum Gasteiger partial charge on any atom is -0.497 e. The predicted octanol–water partition coefficient (Wildman–Crippen LogP) is 5.08. The first-order valence-corrected chi connectivity index (χ1v) is 13.0. The molecular weight excluding hydrogens is 582 g/mol. The van der Waals surface area contributed by atoms with Crippen molar-refractivity contribution in [1.29, 1.82) is 5.26 Å². The van der Waals surface area contributed by atoms with E-state index in [4.69, 9.17) is 13.7 Å². The van der Waals surface area contributed by atoms with Crippen LogP contribution in [-0.2, 0) is 14.9 Å². The molecule has 13 heteroatoms.